The van der Waals surface area contributed by atoms with Gasteiger partial charge in [-0.2, -0.15) is 0 Å². The Balaban J connectivity index is 2.26. The molecule has 0 heterocycles. The predicted molar refractivity (Wildman–Crippen MR) is 99.5 cm³/mol. The van der Waals surface area contributed by atoms with Gasteiger partial charge in [0.15, 0.2) is 0 Å². The topological polar surface area (TPSA) is 52.6 Å². The summed E-state index contributed by atoms with van der Waals surface area (Å²) in [6.07, 6.45) is 3.27. The molecule has 0 fully saturated rings. The Labute approximate surface area is 152 Å². The monoisotopic (exact) mass is 444 g/mol. The van der Waals surface area contributed by atoms with Gasteiger partial charge in [-0.15, -0.1) is 0 Å². The van der Waals surface area contributed by atoms with Crippen LogP contribution >= 0.6 is 0 Å². The fourth-order valence-corrected chi connectivity index (χ4v) is 8.97. The Hall–Kier alpha value is -2.34. The van der Waals surface area contributed by atoms with E-state index in [4.69, 9.17) is 6.15 Å². The van der Waals surface area contributed by atoms with Crippen LogP contribution in [0.3, 0.4) is 0 Å². The summed E-state index contributed by atoms with van der Waals surface area (Å²) in [5.41, 5.74) is 0.847. The van der Waals surface area contributed by atoms with Gasteiger partial charge in [-0.3, -0.25) is 0 Å². The zero-order valence-electron chi connectivity index (χ0n) is 13.9. The van der Waals surface area contributed by atoms with Gasteiger partial charge in [-0.1, -0.05) is 0 Å². The summed E-state index contributed by atoms with van der Waals surface area (Å²) in [6, 6.07) is 17.3. The summed E-state index contributed by atoms with van der Waals surface area (Å²) in [7, 11) is 0. The molecule has 0 atom stereocenters. The number of benzene rings is 2. The Morgan fingerprint density at radius 3 is 1.44 bits per heavy atom. The molecular formula is C20H20O4Sn. The van der Waals surface area contributed by atoms with E-state index < -0.39 is 31.1 Å². The Morgan fingerprint density at radius 2 is 1.12 bits per heavy atom. The van der Waals surface area contributed by atoms with Gasteiger partial charge in [0.05, 0.1) is 0 Å². The average molecular weight is 443 g/mol. The quantitative estimate of drug-likeness (QED) is 0.445. The molecule has 4 nitrogen and oxygen atoms in total. The third kappa shape index (κ3) is 5.32. The SMILES string of the molecule is C=C[CH2][Sn]([CH2]C=C)([O]C(=O)c1ccccc1)[O]C(=O)c1ccccc1. The van der Waals surface area contributed by atoms with Crippen LogP contribution in [-0.2, 0) is 6.15 Å². The van der Waals surface area contributed by atoms with Gasteiger partial charge in [0, 0.05) is 0 Å². The molecule has 2 rings (SSSR count). The molecule has 2 aromatic carbocycles. The standard InChI is InChI=1S/2C7H6O2.2C3H5.Sn/c2*8-7(9)6-4-2-1-3-5-6;2*1-3-2;/h2*1-5H,(H,8,9);2*3H,1-2H2;/q;;;;+2/p-2. The number of carbonyl (C=O) groups is 2. The molecular weight excluding hydrogens is 423 g/mol. The number of hydrogen-bond acceptors (Lipinski definition) is 4. The first kappa shape index (κ1) is 19.0. The van der Waals surface area contributed by atoms with E-state index in [1.54, 1.807) is 60.7 Å². The molecule has 0 radical (unpaired) electrons. The van der Waals surface area contributed by atoms with E-state index in [-0.39, 0.29) is 0 Å². The van der Waals surface area contributed by atoms with Gasteiger partial charge in [-0.25, -0.2) is 0 Å². The van der Waals surface area contributed by atoms with Crippen molar-refractivity contribution in [2.75, 3.05) is 0 Å². The van der Waals surface area contributed by atoms with Crippen molar-refractivity contribution in [1.82, 2.24) is 0 Å². The number of carbonyl (C=O) groups excluding carboxylic acids is 2. The molecule has 5 heteroatoms. The van der Waals surface area contributed by atoms with E-state index in [1.807, 2.05) is 12.1 Å². The van der Waals surface area contributed by atoms with Crippen LogP contribution in [0.25, 0.3) is 0 Å². The summed E-state index contributed by atoms with van der Waals surface area (Å²) in [5.74, 6) is -0.970. The van der Waals surface area contributed by atoms with Gasteiger partial charge in [-0.05, 0) is 0 Å². The van der Waals surface area contributed by atoms with Crippen LogP contribution in [0.5, 0.6) is 0 Å². The Kier molecular flexibility index (Phi) is 7.01. The molecule has 0 saturated heterocycles. The molecule has 0 amide bonds. The third-order valence-electron chi connectivity index (χ3n) is 3.49. The van der Waals surface area contributed by atoms with Crippen molar-refractivity contribution in [3.63, 3.8) is 0 Å². The van der Waals surface area contributed by atoms with Crippen LogP contribution in [0.15, 0.2) is 86.0 Å². The third-order valence-corrected chi connectivity index (χ3v) is 11.9. The van der Waals surface area contributed by atoms with E-state index in [0.29, 0.717) is 20.0 Å². The summed E-state index contributed by atoms with van der Waals surface area (Å²) in [5, 5.41) is 0. The van der Waals surface area contributed by atoms with Crippen molar-refractivity contribution in [3.05, 3.63) is 97.1 Å². The van der Waals surface area contributed by atoms with Crippen LogP contribution in [-0.4, -0.2) is 31.1 Å². The molecule has 0 aromatic heterocycles. The van der Waals surface area contributed by atoms with Crippen molar-refractivity contribution >= 4 is 31.1 Å². The fraction of sp³-hybridized carbons (Fsp3) is 0.100. The van der Waals surface area contributed by atoms with E-state index in [2.05, 4.69) is 13.2 Å². The Bertz CT molecular complexity index is 675. The molecule has 0 unspecified atom stereocenters. The van der Waals surface area contributed by atoms with Crippen molar-refractivity contribution in [2.45, 2.75) is 8.87 Å². The van der Waals surface area contributed by atoms with Gasteiger partial charge in [0.2, 0.25) is 0 Å². The molecule has 0 spiro atoms. The normalized spacial score (nSPS) is 10.6. The minimum absolute atomic E-state index is 0.359. The first-order valence-corrected chi connectivity index (χ1v) is 14.3. The zero-order valence-corrected chi connectivity index (χ0v) is 16.7. The molecule has 0 N–H and O–H groups in total. The van der Waals surface area contributed by atoms with E-state index >= 15 is 0 Å². The van der Waals surface area contributed by atoms with Crippen molar-refractivity contribution < 1.29 is 15.7 Å². The molecule has 2 aromatic rings. The number of rotatable bonds is 8. The zero-order chi connectivity index (χ0) is 18.1. The van der Waals surface area contributed by atoms with Crippen LogP contribution in [0.4, 0.5) is 0 Å². The van der Waals surface area contributed by atoms with Crippen LogP contribution in [0, 0.1) is 0 Å². The maximum atomic E-state index is 12.5. The minimum atomic E-state index is -4.11. The molecule has 0 aliphatic heterocycles. The molecule has 0 saturated carbocycles. The van der Waals surface area contributed by atoms with E-state index in [0.717, 1.165) is 0 Å². The summed E-state index contributed by atoms with van der Waals surface area (Å²) in [6.45, 7) is 7.45. The van der Waals surface area contributed by atoms with Gasteiger partial charge in [0.1, 0.15) is 0 Å². The number of allylic oxidation sites excluding steroid dienone is 2. The van der Waals surface area contributed by atoms with Gasteiger partial charge < -0.3 is 0 Å². The van der Waals surface area contributed by atoms with E-state index in [1.165, 1.54) is 0 Å². The van der Waals surface area contributed by atoms with Crippen LogP contribution < -0.4 is 0 Å². The summed E-state index contributed by atoms with van der Waals surface area (Å²) in [4.78, 5) is 25.0. The molecule has 0 bridgehead atoms. The predicted octanol–water partition coefficient (Wildman–Crippen LogP) is 4.51. The van der Waals surface area contributed by atoms with Crippen molar-refractivity contribution in [2.24, 2.45) is 0 Å². The molecule has 25 heavy (non-hydrogen) atoms. The molecule has 128 valence electrons. The van der Waals surface area contributed by atoms with Gasteiger partial charge >= 0.3 is 153 Å². The maximum absolute atomic E-state index is 12.5. The van der Waals surface area contributed by atoms with Crippen LogP contribution in [0.2, 0.25) is 8.87 Å². The second kappa shape index (κ2) is 9.22. The summed E-state index contributed by atoms with van der Waals surface area (Å²) >= 11 is -4.11. The van der Waals surface area contributed by atoms with Gasteiger partial charge in [0.25, 0.3) is 0 Å². The van der Waals surface area contributed by atoms with E-state index in [9.17, 15) is 9.59 Å². The van der Waals surface area contributed by atoms with Crippen molar-refractivity contribution in [1.29, 1.82) is 0 Å². The summed E-state index contributed by atoms with van der Waals surface area (Å²) < 4.78 is 12.3. The average Bonchev–Trinajstić information content (AvgIpc) is 2.63. The number of hydrogen-bond donors (Lipinski definition) is 0. The second-order valence-corrected chi connectivity index (χ2v) is 14.1. The first-order chi connectivity index (χ1) is 12.1. The molecule has 0 aliphatic carbocycles. The van der Waals surface area contributed by atoms with Crippen LogP contribution in [0.1, 0.15) is 20.7 Å². The van der Waals surface area contributed by atoms with Crippen molar-refractivity contribution in [3.8, 4) is 0 Å². The second-order valence-electron chi connectivity index (χ2n) is 5.41. The molecule has 0 aliphatic rings. The Morgan fingerprint density at radius 1 is 0.760 bits per heavy atom. The fourth-order valence-electron chi connectivity index (χ4n) is 2.31. The first-order valence-electron chi connectivity index (χ1n) is 7.89.